The van der Waals surface area contributed by atoms with E-state index in [9.17, 15) is 24.8 Å². The number of primary amides is 1. The maximum atomic E-state index is 14.6. The number of amides is 2. The molecule has 4 rings (SSSR count). The minimum Gasteiger partial charge on any atom is -0.508 e. The van der Waals surface area contributed by atoms with E-state index in [2.05, 4.69) is 0 Å². The molecule has 0 heterocycles. The van der Waals surface area contributed by atoms with E-state index >= 15 is 0 Å². The lowest BCUT2D eigenvalue weighted by Gasteiger charge is -2.48. The average molecular weight is 568 g/mol. The van der Waals surface area contributed by atoms with Crippen molar-refractivity contribution in [3.05, 3.63) is 86.9 Å². The molecule has 40 heavy (non-hydrogen) atoms. The number of rotatable bonds is 9. The number of anilines is 1. The third kappa shape index (κ3) is 5.14. The molecule has 0 aliphatic heterocycles. The molecule has 1 aliphatic carbocycles. The van der Waals surface area contributed by atoms with Crippen molar-refractivity contribution >= 4 is 34.8 Å². The van der Waals surface area contributed by atoms with Crippen LogP contribution < -0.4 is 20.1 Å². The topological polar surface area (TPSA) is 145 Å². The van der Waals surface area contributed by atoms with Gasteiger partial charge in [0.2, 0.25) is 5.91 Å². The summed E-state index contributed by atoms with van der Waals surface area (Å²) >= 11 is 6.05. The predicted octanol–water partition coefficient (Wildman–Crippen LogP) is 5.58. The van der Waals surface area contributed by atoms with Crippen LogP contribution in [0.5, 0.6) is 17.2 Å². The normalized spacial score (nSPS) is 15.1. The zero-order valence-electron chi connectivity index (χ0n) is 22.1. The molecule has 1 atom stereocenters. The van der Waals surface area contributed by atoms with Crippen LogP contribution in [0.1, 0.15) is 48.0 Å². The van der Waals surface area contributed by atoms with E-state index in [1.807, 2.05) is 0 Å². The van der Waals surface area contributed by atoms with E-state index in [1.165, 1.54) is 49.5 Å². The second-order valence-corrected chi connectivity index (χ2v) is 10.0. The van der Waals surface area contributed by atoms with Crippen LogP contribution in [0.3, 0.4) is 0 Å². The number of carbonyl (C=O) groups is 2. The number of nitrogens with zero attached hydrogens (tertiary/aromatic N) is 2. The quantitative estimate of drug-likeness (QED) is 0.253. The standard InChI is InChI=1S/C29H30ClN3O7/c1-39-25-15-11-21(17-26(25)40-2)32(27(35)23-14-10-20(30)16-24(23)33(37)38)29(28(31)36,18-6-4-3-5-7-18)19-8-12-22(34)13-9-19/h8-18,34H,3-7H2,1-2H3,(H2,31,36). The van der Waals surface area contributed by atoms with Crippen molar-refractivity contribution in [1.29, 1.82) is 0 Å². The van der Waals surface area contributed by atoms with Crippen molar-refractivity contribution < 1.29 is 29.1 Å². The van der Waals surface area contributed by atoms with Crippen LogP contribution in [-0.2, 0) is 10.3 Å². The lowest BCUT2D eigenvalue weighted by molar-refractivity contribution is -0.385. The fourth-order valence-corrected chi connectivity index (χ4v) is 5.81. The molecule has 3 N–H and O–H groups in total. The monoisotopic (exact) mass is 567 g/mol. The number of nitro benzene ring substituents is 1. The van der Waals surface area contributed by atoms with Gasteiger partial charge in [-0.05, 0) is 60.7 Å². The summed E-state index contributed by atoms with van der Waals surface area (Å²) in [5, 5.41) is 22.2. The number of carbonyl (C=O) groups excluding carboxylic acids is 2. The number of phenolic OH excluding ortho intramolecular Hbond substituents is 1. The molecular weight excluding hydrogens is 538 g/mol. The fourth-order valence-electron chi connectivity index (χ4n) is 5.64. The second-order valence-electron chi connectivity index (χ2n) is 9.61. The zero-order chi connectivity index (χ0) is 29.0. The van der Waals surface area contributed by atoms with Crippen LogP contribution in [0.25, 0.3) is 0 Å². The first kappa shape index (κ1) is 28.7. The molecule has 0 spiro atoms. The maximum absolute atomic E-state index is 14.6. The number of halogens is 1. The van der Waals surface area contributed by atoms with E-state index in [1.54, 1.807) is 24.3 Å². The Labute approximate surface area is 236 Å². The Balaban J connectivity index is 2.10. The summed E-state index contributed by atoms with van der Waals surface area (Å²) in [6.07, 6.45) is 3.70. The van der Waals surface area contributed by atoms with E-state index in [0.717, 1.165) is 25.3 Å². The van der Waals surface area contributed by atoms with Crippen LogP contribution in [0, 0.1) is 16.0 Å². The van der Waals surface area contributed by atoms with Gasteiger partial charge in [0.1, 0.15) is 11.3 Å². The van der Waals surface area contributed by atoms with Gasteiger partial charge in [0, 0.05) is 22.8 Å². The molecule has 0 radical (unpaired) electrons. The Bertz CT molecular complexity index is 1420. The van der Waals surface area contributed by atoms with Gasteiger partial charge in [-0.1, -0.05) is 43.0 Å². The van der Waals surface area contributed by atoms with Crippen LogP contribution in [0.2, 0.25) is 5.02 Å². The number of hydrogen-bond donors (Lipinski definition) is 2. The Morgan fingerprint density at radius 2 is 1.65 bits per heavy atom. The summed E-state index contributed by atoms with van der Waals surface area (Å²) in [5.74, 6) is -1.47. The summed E-state index contributed by atoms with van der Waals surface area (Å²) < 4.78 is 10.9. The summed E-state index contributed by atoms with van der Waals surface area (Å²) in [7, 11) is 2.89. The maximum Gasteiger partial charge on any atom is 0.283 e. The average Bonchev–Trinajstić information content (AvgIpc) is 2.96. The van der Waals surface area contributed by atoms with Gasteiger partial charge in [0.15, 0.2) is 17.0 Å². The Morgan fingerprint density at radius 3 is 2.23 bits per heavy atom. The van der Waals surface area contributed by atoms with E-state index < -0.39 is 33.9 Å². The molecular formula is C29H30ClN3O7. The molecule has 11 heteroatoms. The molecule has 1 unspecified atom stereocenters. The van der Waals surface area contributed by atoms with Gasteiger partial charge in [-0.2, -0.15) is 0 Å². The molecule has 1 saturated carbocycles. The summed E-state index contributed by atoms with van der Waals surface area (Å²) in [6.45, 7) is 0. The molecule has 3 aromatic carbocycles. The first-order valence-electron chi connectivity index (χ1n) is 12.7. The first-order valence-corrected chi connectivity index (χ1v) is 13.1. The van der Waals surface area contributed by atoms with Gasteiger partial charge >= 0.3 is 0 Å². The van der Waals surface area contributed by atoms with Crippen molar-refractivity contribution in [3.8, 4) is 17.2 Å². The number of aromatic hydroxyl groups is 1. The van der Waals surface area contributed by atoms with Gasteiger partial charge < -0.3 is 20.3 Å². The van der Waals surface area contributed by atoms with Crippen LogP contribution in [0.4, 0.5) is 11.4 Å². The molecule has 10 nitrogen and oxygen atoms in total. The predicted molar refractivity (Wildman–Crippen MR) is 150 cm³/mol. The van der Waals surface area contributed by atoms with Crippen molar-refractivity contribution in [2.75, 3.05) is 19.1 Å². The summed E-state index contributed by atoms with van der Waals surface area (Å²) in [5.41, 5.74) is 4.28. The number of hydrogen-bond acceptors (Lipinski definition) is 7. The highest BCUT2D eigenvalue weighted by Gasteiger charge is 2.54. The van der Waals surface area contributed by atoms with Crippen molar-refractivity contribution in [2.24, 2.45) is 11.7 Å². The minimum absolute atomic E-state index is 0.0388. The van der Waals surface area contributed by atoms with Crippen LogP contribution in [0.15, 0.2) is 60.7 Å². The van der Waals surface area contributed by atoms with E-state index in [0.29, 0.717) is 24.2 Å². The third-order valence-corrected chi connectivity index (χ3v) is 7.68. The first-order chi connectivity index (χ1) is 19.1. The van der Waals surface area contributed by atoms with Crippen LogP contribution in [-0.4, -0.2) is 36.1 Å². The van der Waals surface area contributed by atoms with Gasteiger partial charge in [-0.15, -0.1) is 0 Å². The Kier molecular flexibility index (Phi) is 8.49. The van der Waals surface area contributed by atoms with E-state index in [4.69, 9.17) is 26.8 Å². The molecule has 210 valence electrons. The molecule has 3 aromatic rings. The highest BCUT2D eigenvalue weighted by atomic mass is 35.5. The highest BCUT2D eigenvalue weighted by molar-refractivity contribution is 6.31. The SMILES string of the molecule is COc1ccc(N(C(=O)c2ccc(Cl)cc2[N+](=O)[O-])C(C(N)=O)(c2ccc(O)cc2)C2CCCCC2)cc1OC. The van der Waals surface area contributed by atoms with Crippen LogP contribution >= 0.6 is 11.6 Å². The molecule has 0 saturated heterocycles. The Morgan fingerprint density at radius 1 is 1.00 bits per heavy atom. The Hall–Kier alpha value is -4.31. The van der Waals surface area contributed by atoms with Crippen molar-refractivity contribution in [2.45, 2.75) is 37.6 Å². The lowest BCUT2D eigenvalue weighted by atomic mass is 9.68. The smallest absolute Gasteiger partial charge is 0.283 e. The number of nitro groups is 1. The largest absolute Gasteiger partial charge is 0.508 e. The minimum atomic E-state index is -1.78. The summed E-state index contributed by atoms with van der Waals surface area (Å²) in [6, 6.07) is 14.3. The number of nitrogens with two attached hydrogens (primary N) is 1. The van der Waals surface area contributed by atoms with Gasteiger partial charge in [-0.3, -0.25) is 24.6 Å². The van der Waals surface area contributed by atoms with Gasteiger partial charge in [0.25, 0.3) is 11.6 Å². The third-order valence-electron chi connectivity index (χ3n) is 7.45. The van der Waals surface area contributed by atoms with Gasteiger partial charge in [-0.25, -0.2) is 0 Å². The molecule has 0 bridgehead atoms. The van der Waals surface area contributed by atoms with Crippen molar-refractivity contribution in [3.63, 3.8) is 0 Å². The number of phenols is 1. The zero-order valence-corrected chi connectivity index (χ0v) is 22.9. The summed E-state index contributed by atoms with van der Waals surface area (Å²) in [4.78, 5) is 41.1. The number of methoxy groups -OCH3 is 2. The van der Waals surface area contributed by atoms with Gasteiger partial charge in [0.05, 0.1) is 19.1 Å². The highest BCUT2D eigenvalue weighted by Crippen LogP contribution is 2.48. The van der Waals surface area contributed by atoms with Crippen molar-refractivity contribution in [1.82, 2.24) is 0 Å². The van der Waals surface area contributed by atoms with E-state index in [-0.39, 0.29) is 27.8 Å². The molecule has 1 fully saturated rings. The second kappa shape index (κ2) is 11.8. The molecule has 1 aliphatic rings. The number of benzene rings is 3. The lowest BCUT2D eigenvalue weighted by Crippen LogP contribution is -2.62. The number of ether oxygens (including phenoxy) is 2. The molecule has 2 amide bonds. The molecule has 0 aromatic heterocycles. The fraction of sp³-hybridized carbons (Fsp3) is 0.310.